The Bertz CT molecular complexity index is 593. The van der Waals surface area contributed by atoms with Gasteiger partial charge in [-0.1, -0.05) is 20.8 Å². The summed E-state index contributed by atoms with van der Waals surface area (Å²) < 4.78 is 56.0. The summed E-state index contributed by atoms with van der Waals surface area (Å²) >= 11 is 0. The first-order valence-corrected chi connectivity index (χ1v) is 10.3. The van der Waals surface area contributed by atoms with E-state index in [9.17, 15) is 17.6 Å². The third kappa shape index (κ3) is 6.54. The zero-order valence-corrected chi connectivity index (χ0v) is 17.1. The Morgan fingerprint density at radius 2 is 1.61 bits per heavy atom. The second-order valence-electron chi connectivity index (χ2n) is 7.45. The summed E-state index contributed by atoms with van der Waals surface area (Å²) in [6, 6.07) is 4.28. The van der Waals surface area contributed by atoms with Gasteiger partial charge in [-0.2, -0.15) is 13.2 Å². The van der Waals surface area contributed by atoms with Crippen molar-refractivity contribution in [2.45, 2.75) is 58.7 Å². The highest BCUT2D eigenvalue weighted by Crippen LogP contribution is 2.33. The smallest absolute Gasteiger partial charge is 0.422 e. The molecular formula is C21H32F4N2O. The molecule has 0 bridgehead atoms. The SMILES string of the molecule is CC.CC1CCC(N2CCN(c3cc(F)ccc3OCC(F)(F)F)CC2)CC1. The molecule has 0 amide bonds. The van der Waals surface area contributed by atoms with Crippen LogP contribution < -0.4 is 9.64 Å². The molecule has 28 heavy (non-hydrogen) atoms. The average molecular weight is 404 g/mol. The Kier molecular flexibility index (Phi) is 8.40. The van der Waals surface area contributed by atoms with Gasteiger partial charge < -0.3 is 9.64 Å². The van der Waals surface area contributed by atoms with Crippen molar-refractivity contribution in [3.63, 3.8) is 0 Å². The summed E-state index contributed by atoms with van der Waals surface area (Å²) in [7, 11) is 0. The highest BCUT2D eigenvalue weighted by atomic mass is 19.4. The number of anilines is 1. The predicted octanol–water partition coefficient (Wildman–Crippen LogP) is 5.49. The third-order valence-electron chi connectivity index (χ3n) is 5.47. The van der Waals surface area contributed by atoms with Crippen molar-refractivity contribution in [1.82, 2.24) is 4.90 Å². The van der Waals surface area contributed by atoms with Crippen LogP contribution in [0, 0.1) is 11.7 Å². The number of hydrogen-bond donors (Lipinski definition) is 0. The number of halogens is 4. The topological polar surface area (TPSA) is 15.7 Å². The molecule has 1 saturated heterocycles. The van der Waals surface area contributed by atoms with Gasteiger partial charge in [-0.3, -0.25) is 4.90 Å². The second kappa shape index (κ2) is 10.3. The molecule has 0 unspecified atom stereocenters. The molecule has 0 atom stereocenters. The lowest BCUT2D eigenvalue weighted by molar-refractivity contribution is -0.153. The minimum absolute atomic E-state index is 0.0867. The number of piperazine rings is 1. The van der Waals surface area contributed by atoms with Gasteiger partial charge in [0.05, 0.1) is 5.69 Å². The molecule has 3 nitrogen and oxygen atoms in total. The summed E-state index contributed by atoms with van der Waals surface area (Å²) in [4.78, 5) is 4.40. The van der Waals surface area contributed by atoms with Crippen LogP contribution in [0.1, 0.15) is 46.5 Å². The van der Waals surface area contributed by atoms with Crippen molar-refractivity contribution < 1.29 is 22.3 Å². The van der Waals surface area contributed by atoms with Gasteiger partial charge in [-0.15, -0.1) is 0 Å². The monoisotopic (exact) mass is 404 g/mol. The van der Waals surface area contributed by atoms with Crippen LogP contribution in [0.4, 0.5) is 23.2 Å². The molecule has 0 aromatic heterocycles. The lowest BCUT2D eigenvalue weighted by Gasteiger charge is -2.42. The van der Waals surface area contributed by atoms with Gasteiger partial charge in [0.2, 0.25) is 0 Å². The normalized spacial score (nSPS) is 23.8. The molecule has 0 radical (unpaired) electrons. The van der Waals surface area contributed by atoms with E-state index in [-0.39, 0.29) is 5.75 Å². The van der Waals surface area contributed by atoms with Gasteiger partial charge in [0.15, 0.2) is 6.61 Å². The quantitative estimate of drug-likeness (QED) is 0.617. The Balaban J connectivity index is 0.00000136. The first-order chi connectivity index (χ1) is 13.3. The van der Waals surface area contributed by atoms with E-state index in [0.717, 1.165) is 25.1 Å². The molecule has 1 aromatic carbocycles. The van der Waals surface area contributed by atoms with E-state index in [0.29, 0.717) is 24.8 Å². The summed E-state index contributed by atoms with van der Waals surface area (Å²) in [6.45, 7) is 7.94. The van der Waals surface area contributed by atoms with Crippen molar-refractivity contribution in [1.29, 1.82) is 0 Å². The number of rotatable bonds is 4. The van der Waals surface area contributed by atoms with Crippen LogP contribution in [0.15, 0.2) is 18.2 Å². The minimum Gasteiger partial charge on any atom is -0.482 e. The maximum atomic E-state index is 13.7. The van der Waals surface area contributed by atoms with Gasteiger partial charge in [0.1, 0.15) is 11.6 Å². The van der Waals surface area contributed by atoms with E-state index in [1.807, 2.05) is 18.7 Å². The zero-order valence-electron chi connectivity index (χ0n) is 17.1. The van der Waals surface area contributed by atoms with Crippen LogP contribution >= 0.6 is 0 Å². The third-order valence-corrected chi connectivity index (χ3v) is 5.47. The summed E-state index contributed by atoms with van der Waals surface area (Å²) in [5, 5.41) is 0. The molecule has 1 heterocycles. The van der Waals surface area contributed by atoms with Gasteiger partial charge in [-0.25, -0.2) is 4.39 Å². The fourth-order valence-electron chi connectivity index (χ4n) is 3.95. The number of hydrogen-bond acceptors (Lipinski definition) is 3. The molecule has 1 aromatic rings. The highest BCUT2D eigenvalue weighted by Gasteiger charge is 2.31. The van der Waals surface area contributed by atoms with Gasteiger partial charge in [-0.05, 0) is 43.7 Å². The average Bonchev–Trinajstić information content (AvgIpc) is 2.69. The molecule has 1 aliphatic heterocycles. The molecule has 1 aliphatic carbocycles. The molecule has 7 heteroatoms. The van der Waals surface area contributed by atoms with Crippen LogP contribution in [0.5, 0.6) is 5.75 Å². The molecule has 1 saturated carbocycles. The van der Waals surface area contributed by atoms with Crippen LogP contribution in [-0.2, 0) is 0 Å². The predicted molar refractivity (Wildman–Crippen MR) is 105 cm³/mol. The van der Waals surface area contributed by atoms with E-state index in [2.05, 4.69) is 11.8 Å². The highest BCUT2D eigenvalue weighted by molar-refractivity contribution is 5.59. The molecule has 3 rings (SSSR count). The second-order valence-corrected chi connectivity index (χ2v) is 7.45. The van der Waals surface area contributed by atoms with E-state index in [1.54, 1.807) is 0 Å². The van der Waals surface area contributed by atoms with Crippen LogP contribution in [0.3, 0.4) is 0 Å². The first-order valence-electron chi connectivity index (χ1n) is 10.3. The largest absolute Gasteiger partial charge is 0.482 e. The Hall–Kier alpha value is -1.50. The molecule has 0 spiro atoms. The lowest BCUT2D eigenvalue weighted by Crippen LogP contribution is -2.51. The Morgan fingerprint density at radius 1 is 1.00 bits per heavy atom. The number of alkyl halides is 3. The Morgan fingerprint density at radius 3 is 2.18 bits per heavy atom. The molecule has 160 valence electrons. The minimum atomic E-state index is -4.41. The fraction of sp³-hybridized carbons (Fsp3) is 0.714. The van der Waals surface area contributed by atoms with E-state index in [1.165, 1.54) is 37.8 Å². The number of nitrogens with zero attached hydrogens (tertiary/aromatic N) is 2. The number of ether oxygens (including phenoxy) is 1. The van der Waals surface area contributed by atoms with E-state index < -0.39 is 18.6 Å². The number of benzene rings is 1. The van der Waals surface area contributed by atoms with Gasteiger partial charge in [0.25, 0.3) is 0 Å². The molecule has 2 fully saturated rings. The standard InChI is InChI=1S/C19H26F4N2O.C2H6/c1-14-2-5-16(6-3-14)24-8-10-25(11-9-24)17-12-15(20)4-7-18(17)26-13-19(21,22)23;1-2/h4,7,12,14,16H,2-3,5-6,8-11,13H2,1H3;1-2H3. The summed E-state index contributed by atoms with van der Waals surface area (Å²) in [5.41, 5.74) is 0.408. The van der Waals surface area contributed by atoms with Gasteiger partial charge >= 0.3 is 6.18 Å². The zero-order chi connectivity index (χ0) is 20.7. The fourth-order valence-corrected chi connectivity index (χ4v) is 3.95. The maximum Gasteiger partial charge on any atom is 0.422 e. The molecule has 0 N–H and O–H groups in total. The van der Waals surface area contributed by atoms with E-state index >= 15 is 0 Å². The van der Waals surface area contributed by atoms with Crippen molar-refractivity contribution >= 4 is 5.69 Å². The van der Waals surface area contributed by atoms with Crippen molar-refractivity contribution in [2.24, 2.45) is 5.92 Å². The first kappa shape index (κ1) is 22.8. The van der Waals surface area contributed by atoms with Crippen LogP contribution in [-0.4, -0.2) is 49.9 Å². The maximum absolute atomic E-state index is 13.7. The van der Waals surface area contributed by atoms with Gasteiger partial charge in [0, 0.05) is 38.3 Å². The van der Waals surface area contributed by atoms with Crippen molar-refractivity contribution in [3.8, 4) is 5.75 Å². The summed E-state index contributed by atoms with van der Waals surface area (Å²) in [6.07, 6.45) is 0.513. The van der Waals surface area contributed by atoms with Crippen LogP contribution in [0.2, 0.25) is 0 Å². The Labute approximate surface area is 165 Å². The lowest BCUT2D eigenvalue weighted by atomic mass is 9.86. The molecule has 2 aliphatic rings. The van der Waals surface area contributed by atoms with Crippen molar-refractivity contribution in [2.75, 3.05) is 37.7 Å². The van der Waals surface area contributed by atoms with Crippen LogP contribution in [0.25, 0.3) is 0 Å². The van der Waals surface area contributed by atoms with E-state index in [4.69, 9.17) is 4.74 Å². The summed E-state index contributed by atoms with van der Waals surface area (Å²) in [5.74, 6) is 0.417. The van der Waals surface area contributed by atoms with Crippen molar-refractivity contribution in [3.05, 3.63) is 24.0 Å². The molecular weight excluding hydrogens is 372 g/mol.